The molecule has 1 unspecified atom stereocenters. The molecule has 4 nitrogen and oxygen atoms in total. The molecule has 0 aliphatic heterocycles. The van der Waals surface area contributed by atoms with E-state index in [1.54, 1.807) is 19.1 Å². The highest BCUT2D eigenvalue weighted by Gasteiger charge is 2.45. The Morgan fingerprint density at radius 2 is 2.25 bits per heavy atom. The Labute approximate surface area is 102 Å². The van der Waals surface area contributed by atoms with E-state index in [9.17, 15) is 9.59 Å². The third-order valence-corrected chi connectivity index (χ3v) is 2.89. The second-order valence-electron chi connectivity index (χ2n) is 3.38. The van der Waals surface area contributed by atoms with Crippen LogP contribution >= 0.6 is 15.9 Å². The summed E-state index contributed by atoms with van der Waals surface area (Å²) in [5.41, 5.74) is -1.37. The van der Waals surface area contributed by atoms with Crippen LogP contribution in [0.2, 0.25) is 0 Å². The van der Waals surface area contributed by atoms with Crippen LogP contribution < -0.4 is 0 Å². The number of rotatable bonds is 5. The molecule has 0 saturated heterocycles. The Hall–Kier alpha value is -1.10. The second kappa shape index (κ2) is 5.30. The van der Waals surface area contributed by atoms with Crippen molar-refractivity contribution in [3.63, 3.8) is 0 Å². The topological polar surface area (TPSA) is 56.5 Å². The summed E-state index contributed by atoms with van der Waals surface area (Å²) in [6.45, 7) is 3.43. The van der Waals surface area contributed by atoms with Crippen molar-refractivity contribution in [2.45, 2.75) is 19.3 Å². The summed E-state index contributed by atoms with van der Waals surface area (Å²) in [7, 11) is 0. The number of hydrogen-bond donors (Lipinski definition) is 0. The van der Waals surface area contributed by atoms with Crippen molar-refractivity contribution in [1.29, 1.82) is 0 Å². The van der Waals surface area contributed by atoms with Gasteiger partial charge in [0.15, 0.2) is 11.2 Å². The van der Waals surface area contributed by atoms with Gasteiger partial charge in [0.1, 0.15) is 5.76 Å². The summed E-state index contributed by atoms with van der Waals surface area (Å²) in [5, 5.41) is 0.0724. The zero-order valence-electron chi connectivity index (χ0n) is 9.16. The number of alkyl halides is 1. The Kier molecular flexibility index (Phi) is 4.29. The molecule has 1 atom stereocenters. The van der Waals surface area contributed by atoms with Crippen molar-refractivity contribution >= 4 is 27.7 Å². The fourth-order valence-corrected chi connectivity index (χ4v) is 1.88. The molecule has 1 aromatic rings. The molecule has 1 heterocycles. The van der Waals surface area contributed by atoms with E-state index in [0.29, 0.717) is 5.76 Å². The van der Waals surface area contributed by atoms with Gasteiger partial charge in [0, 0.05) is 0 Å². The molecule has 0 radical (unpaired) electrons. The summed E-state index contributed by atoms with van der Waals surface area (Å²) in [4.78, 5) is 23.7. The third-order valence-electron chi connectivity index (χ3n) is 2.38. The maximum Gasteiger partial charge on any atom is 0.327 e. The highest BCUT2D eigenvalue weighted by Crippen LogP contribution is 2.28. The Morgan fingerprint density at radius 1 is 1.56 bits per heavy atom. The van der Waals surface area contributed by atoms with Crippen LogP contribution in [0.1, 0.15) is 19.6 Å². The predicted molar refractivity (Wildman–Crippen MR) is 61.5 cm³/mol. The first-order valence-corrected chi connectivity index (χ1v) is 6.00. The van der Waals surface area contributed by atoms with Crippen molar-refractivity contribution < 1.29 is 18.7 Å². The van der Waals surface area contributed by atoms with Gasteiger partial charge < -0.3 is 9.15 Å². The van der Waals surface area contributed by atoms with Gasteiger partial charge in [-0.05, 0) is 26.0 Å². The number of ketones is 1. The summed E-state index contributed by atoms with van der Waals surface area (Å²) in [5.74, 6) is -0.578. The molecule has 0 amide bonds. The normalized spacial score (nSPS) is 14.2. The first-order chi connectivity index (χ1) is 7.57. The number of carbonyl (C=O) groups is 2. The molecule has 88 valence electrons. The van der Waals surface area contributed by atoms with Crippen molar-refractivity contribution in [1.82, 2.24) is 0 Å². The Bertz CT molecular complexity index is 371. The quantitative estimate of drug-likeness (QED) is 0.473. The van der Waals surface area contributed by atoms with E-state index < -0.39 is 11.4 Å². The van der Waals surface area contributed by atoms with Crippen molar-refractivity contribution in [3.05, 3.63) is 24.2 Å². The molecule has 0 N–H and O–H groups in total. The van der Waals surface area contributed by atoms with E-state index in [4.69, 9.17) is 9.15 Å². The summed E-state index contributed by atoms with van der Waals surface area (Å²) in [6, 6.07) is 3.23. The molecule has 0 aliphatic rings. The average molecular weight is 289 g/mol. The van der Waals surface area contributed by atoms with E-state index in [-0.39, 0.29) is 17.7 Å². The number of halogens is 1. The number of esters is 1. The van der Waals surface area contributed by atoms with Gasteiger partial charge in [0.05, 0.1) is 18.2 Å². The van der Waals surface area contributed by atoms with Crippen LogP contribution in [-0.4, -0.2) is 23.7 Å². The number of ether oxygens (including phenoxy) is 1. The largest absolute Gasteiger partial charge is 0.468 e. The lowest BCUT2D eigenvalue weighted by Crippen LogP contribution is -2.42. The maximum absolute atomic E-state index is 11.8. The van der Waals surface area contributed by atoms with Crippen molar-refractivity contribution in [2.24, 2.45) is 0 Å². The number of hydrogen-bond acceptors (Lipinski definition) is 4. The van der Waals surface area contributed by atoms with Gasteiger partial charge in [0.25, 0.3) is 0 Å². The first kappa shape index (κ1) is 13.0. The van der Waals surface area contributed by atoms with Gasteiger partial charge in [-0.25, -0.2) is 0 Å². The molecule has 0 bridgehead atoms. The van der Waals surface area contributed by atoms with Gasteiger partial charge >= 0.3 is 5.97 Å². The fourth-order valence-electron chi connectivity index (χ4n) is 1.32. The van der Waals surface area contributed by atoms with E-state index in [1.165, 1.54) is 13.2 Å². The minimum absolute atomic E-state index is 0.0724. The summed E-state index contributed by atoms with van der Waals surface area (Å²) in [6.07, 6.45) is 1.42. The van der Waals surface area contributed by atoms with E-state index >= 15 is 0 Å². The molecular formula is C11H13BrO4. The molecule has 0 aliphatic carbocycles. The smallest absolute Gasteiger partial charge is 0.327 e. The van der Waals surface area contributed by atoms with Crippen molar-refractivity contribution in [2.75, 3.05) is 11.9 Å². The summed E-state index contributed by atoms with van der Waals surface area (Å²) < 4.78 is 10.1. The average Bonchev–Trinajstić information content (AvgIpc) is 2.80. The second-order valence-corrected chi connectivity index (χ2v) is 3.94. The number of carbonyl (C=O) groups excluding carboxylic acids is 2. The Balaban J connectivity index is 3.12. The van der Waals surface area contributed by atoms with Crippen LogP contribution in [0.25, 0.3) is 0 Å². The van der Waals surface area contributed by atoms with Gasteiger partial charge in [0.2, 0.25) is 0 Å². The van der Waals surface area contributed by atoms with Crippen LogP contribution in [0.5, 0.6) is 0 Å². The lowest BCUT2D eigenvalue weighted by Gasteiger charge is -2.22. The molecule has 16 heavy (non-hydrogen) atoms. The molecule has 5 heteroatoms. The van der Waals surface area contributed by atoms with Gasteiger partial charge in [-0.2, -0.15) is 0 Å². The number of Topliss-reactive ketones (excluding diaryl/α,β-unsaturated/α-hetero) is 1. The minimum Gasteiger partial charge on any atom is -0.468 e. The van der Waals surface area contributed by atoms with E-state index in [1.807, 2.05) is 0 Å². The zero-order valence-corrected chi connectivity index (χ0v) is 10.7. The molecular weight excluding hydrogens is 276 g/mol. The lowest BCUT2D eigenvalue weighted by molar-refractivity contribution is -0.153. The minimum atomic E-state index is -1.37. The van der Waals surface area contributed by atoms with E-state index in [0.717, 1.165) is 0 Å². The van der Waals surface area contributed by atoms with Crippen LogP contribution in [0.15, 0.2) is 22.8 Å². The molecule has 0 fully saturated rings. The highest BCUT2D eigenvalue weighted by molar-refractivity contribution is 9.09. The third kappa shape index (κ3) is 2.19. The summed E-state index contributed by atoms with van der Waals surface area (Å²) >= 11 is 3.06. The molecule has 1 aromatic heterocycles. The van der Waals surface area contributed by atoms with Crippen LogP contribution in [-0.2, 0) is 19.7 Å². The van der Waals surface area contributed by atoms with Gasteiger partial charge in [-0.1, -0.05) is 15.9 Å². The highest BCUT2D eigenvalue weighted by atomic mass is 79.9. The van der Waals surface area contributed by atoms with Crippen LogP contribution in [0.4, 0.5) is 0 Å². The van der Waals surface area contributed by atoms with Crippen molar-refractivity contribution in [3.8, 4) is 0 Å². The fraction of sp³-hybridized carbons (Fsp3) is 0.455. The zero-order chi connectivity index (χ0) is 12.2. The SMILES string of the molecule is CCOC(=O)C(C)(C(=O)CBr)c1ccco1. The molecule has 0 aromatic carbocycles. The van der Waals surface area contributed by atoms with Gasteiger partial charge in [-0.15, -0.1) is 0 Å². The Morgan fingerprint density at radius 3 is 2.69 bits per heavy atom. The number of furan rings is 1. The van der Waals surface area contributed by atoms with Gasteiger partial charge in [-0.3, -0.25) is 9.59 Å². The first-order valence-electron chi connectivity index (χ1n) is 4.87. The lowest BCUT2D eigenvalue weighted by atomic mass is 9.84. The van der Waals surface area contributed by atoms with E-state index in [2.05, 4.69) is 15.9 Å². The predicted octanol–water partition coefficient (Wildman–Crippen LogP) is 2.06. The molecule has 0 saturated carbocycles. The maximum atomic E-state index is 11.8. The van der Waals surface area contributed by atoms with Crippen LogP contribution in [0.3, 0.4) is 0 Å². The molecule has 0 spiro atoms. The standard InChI is InChI=1S/C11H13BrO4/c1-3-15-10(14)11(2,8(13)7-12)9-5-4-6-16-9/h4-6H,3,7H2,1-2H3. The molecule has 1 rings (SSSR count). The van der Waals surface area contributed by atoms with Crippen LogP contribution in [0, 0.1) is 0 Å². The monoisotopic (exact) mass is 288 g/mol.